The molecular formula is C13H13Br2NO. The number of halogens is 2. The third kappa shape index (κ3) is 2.93. The zero-order valence-electron chi connectivity index (χ0n) is 9.68. The molecule has 0 bridgehead atoms. The molecule has 0 aliphatic rings. The lowest BCUT2D eigenvalue weighted by Gasteiger charge is -2.12. The average molecular weight is 359 g/mol. The summed E-state index contributed by atoms with van der Waals surface area (Å²) in [6.07, 6.45) is 1.68. The van der Waals surface area contributed by atoms with Gasteiger partial charge in [0, 0.05) is 10.2 Å². The fraction of sp³-hybridized carbons (Fsp3) is 0.231. The Hall–Kier alpha value is -0.740. The second-order valence-corrected chi connectivity index (χ2v) is 5.73. The molecule has 0 atom stereocenters. The molecule has 0 aliphatic carbocycles. The Kier molecular flexibility index (Phi) is 3.94. The van der Waals surface area contributed by atoms with Crippen molar-refractivity contribution in [3.8, 4) is 0 Å². The van der Waals surface area contributed by atoms with Gasteiger partial charge in [-0.2, -0.15) is 0 Å². The topological polar surface area (TPSA) is 25.2 Å². The molecule has 0 saturated carbocycles. The number of aryl methyl sites for hydroxylation is 2. The first-order valence-corrected chi connectivity index (χ1v) is 6.89. The van der Waals surface area contributed by atoms with E-state index in [1.165, 1.54) is 11.1 Å². The predicted octanol–water partition coefficient (Wildman–Crippen LogP) is 5.03. The van der Waals surface area contributed by atoms with Crippen LogP contribution in [0.25, 0.3) is 0 Å². The van der Waals surface area contributed by atoms with E-state index < -0.39 is 0 Å². The van der Waals surface area contributed by atoms with Crippen LogP contribution in [-0.4, -0.2) is 0 Å². The highest BCUT2D eigenvalue weighted by molar-refractivity contribution is 9.10. The van der Waals surface area contributed by atoms with Crippen LogP contribution in [0.4, 0.5) is 5.69 Å². The van der Waals surface area contributed by atoms with Gasteiger partial charge < -0.3 is 9.73 Å². The Bertz CT molecular complexity index is 511. The van der Waals surface area contributed by atoms with Crippen LogP contribution in [0.1, 0.15) is 16.9 Å². The molecule has 1 heterocycles. The van der Waals surface area contributed by atoms with Crippen molar-refractivity contribution < 1.29 is 4.42 Å². The minimum absolute atomic E-state index is 0.677. The second-order valence-electron chi connectivity index (χ2n) is 3.96. The van der Waals surface area contributed by atoms with Gasteiger partial charge in [0.25, 0.3) is 0 Å². The molecule has 1 aromatic carbocycles. The Balaban J connectivity index is 2.17. The van der Waals surface area contributed by atoms with Crippen molar-refractivity contribution in [2.45, 2.75) is 20.4 Å². The maximum atomic E-state index is 5.37. The van der Waals surface area contributed by atoms with Crippen LogP contribution in [0.5, 0.6) is 0 Å². The van der Waals surface area contributed by atoms with Crippen LogP contribution in [0, 0.1) is 13.8 Å². The standard InChI is InChI=1S/C13H13Br2NO/c1-8-5-10(14)6-9(2)13(8)16-7-12-11(15)3-4-17-12/h3-6,16H,7H2,1-2H3. The Morgan fingerprint density at radius 3 is 2.35 bits per heavy atom. The van der Waals surface area contributed by atoms with Gasteiger partial charge in [0.05, 0.1) is 17.3 Å². The molecule has 0 spiro atoms. The van der Waals surface area contributed by atoms with Gasteiger partial charge in [-0.05, 0) is 59.1 Å². The monoisotopic (exact) mass is 357 g/mol. The molecule has 2 rings (SSSR count). The lowest BCUT2D eigenvalue weighted by Crippen LogP contribution is -2.02. The Morgan fingerprint density at radius 2 is 1.82 bits per heavy atom. The summed E-state index contributed by atoms with van der Waals surface area (Å²) in [5.74, 6) is 0.909. The van der Waals surface area contributed by atoms with E-state index in [1.54, 1.807) is 6.26 Å². The number of rotatable bonds is 3. The summed E-state index contributed by atoms with van der Waals surface area (Å²) in [6.45, 7) is 4.87. The molecule has 0 saturated heterocycles. The lowest BCUT2D eigenvalue weighted by molar-refractivity contribution is 0.516. The fourth-order valence-electron chi connectivity index (χ4n) is 1.81. The highest BCUT2D eigenvalue weighted by atomic mass is 79.9. The number of anilines is 1. The third-order valence-electron chi connectivity index (χ3n) is 2.61. The van der Waals surface area contributed by atoms with Crippen molar-refractivity contribution in [1.29, 1.82) is 0 Å². The third-order valence-corrected chi connectivity index (χ3v) is 3.78. The summed E-state index contributed by atoms with van der Waals surface area (Å²) in [5.41, 5.74) is 3.61. The van der Waals surface area contributed by atoms with Crippen LogP contribution in [0.15, 0.2) is 37.8 Å². The normalized spacial score (nSPS) is 10.6. The van der Waals surface area contributed by atoms with Gasteiger partial charge in [0.1, 0.15) is 5.76 Å². The number of hydrogen-bond acceptors (Lipinski definition) is 2. The first-order chi connectivity index (χ1) is 8.08. The van der Waals surface area contributed by atoms with Crippen molar-refractivity contribution >= 4 is 37.5 Å². The zero-order valence-corrected chi connectivity index (χ0v) is 12.9. The molecule has 0 amide bonds. The molecule has 90 valence electrons. The van der Waals surface area contributed by atoms with Gasteiger partial charge in [0.2, 0.25) is 0 Å². The van der Waals surface area contributed by atoms with Crippen molar-refractivity contribution in [1.82, 2.24) is 0 Å². The largest absolute Gasteiger partial charge is 0.466 e. The van der Waals surface area contributed by atoms with E-state index in [1.807, 2.05) is 6.07 Å². The molecule has 2 aromatic rings. The van der Waals surface area contributed by atoms with Crippen LogP contribution < -0.4 is 5.32 Å². The lowest BCUT2D eigenvalue weighted by atomic mass is 10.1. The maximum Gasteiger partial charge on any atom is 0.136 e. The minimum atomic E-state index is 0.677. The van der Waals surface area contributed by atoms with Crippen molar-refractivity contribution in [2.75, 3.05) is 5.32 Å². The molecular weight excluding hydrogens is 346 g/mol. The summed E-state index contributed by atoms with van der Waals surface area (Å²) in [6, 6.07) is 6.11. The molecule has 0 fully saturated rings. The summed E-state index contributed by atoms with van der Waals surface area (Å²) in [7, 11) is 0. The van der Waals surface area contributed by atoms with Crippen LogP contribution in [-0.2, 0) is 6.54 Å². The van der Waals surface area contributed by atoms with E-state index in [0.717, 1.165) is 20.4 Å². The van der Waals surface area contributed by atoms with Crippen LogP contribution in [0.3, 0.4) is 0 Å². The number of furan rings is 1. The smallest absolute Gasteiger partial charge is 0.136 e. The summed E-state index contributed by atoms with van der Waals surface area (Å²) in [5, 5.41) is 3.41. The van der Waals surface area contributed by atoms with Crippen molar-refractivity contribution in [2.24, 2.45) is 0 Å². The minimum Gasteiger partial charge on any atom is -0.466 e. The molecule has 1 N–H and O–H groups in total. The molecule has 0 unspecified atom stereocenters. The van der Waals surface area contributed by atoms with Crippen LogP contribution in [0.2, 0.25) is 0 Å². The summed E-state index contributed by atoms with van der Waals surface area (Å²) in [4.78, 5) is 0. The van der Waals surface area contributed by atoms with Gasteiger partial charge in [-0.1, -0.05) is 15.9 Å². The van der Waals surface area contributed by atoms with E-state index in [-0.39, 0.29) is 0 Å². The van der Waals surface area contributed by atoms with Crippen molar-refractivity contribution in [3.05, 3.63) is 50.3 Å². The van der Waals surface area contributed by atoms with E-state index >= 15 is 0 Å². The van der Waals surface area contributed by atoms with E-state index in [0.29, 0.717) is 6.54 Å². The Morgan fingerprint density at radius 1 is 1.18 bits per heavy atom. The van der Waals surface area contributed by atoms with Gasteiger partial charge in [-0.25, -0.2) is 0 Å². The molecule has 0 aliphatic heterocycles. The molecule has 17 heavy (non-hydrogen) atoms. The molecule has 2 nitrogen and oxygen atoms in total. The highest BCUT2D eigenvalue weighted by Gasteiger charge is 2.07. The molecule has 1 aromatic heterocycles. The number of nitrogens with one attached hydrogen (secondary N) is 1. The zero-order chi connectivity index (χ0) is 12.4. The van der Waals surface area contributed by atoms with E-state index in [2.05, 4.69) is 63.2 Å². The number of benzene rings is 1. The quantitative estimate of drug-likeness (QED) is 0.831. The van der Waals surface area contributed by atoms with Gasteiger partial charge >= 0.3 is 0 Å². The first kappa shape index (κ1) is 12.7. The van der Waals surface area contributed by atoms with Crippen molar-refractivity contribution in [3.63, 3.8) is 0 Å². The molecule has 4 heteroatoms. The SMILES string of the molecule is Cc1cc(Br)cc(C)c1NCc1occc1Br. The predicted molar refractivity (Wildman–Crippen MR) is 77.4 cm³/mol. The number of hydrogen-bond donors (Lipinski definition) is 1. The average Bonchev–Trinajstić information content (AvgIpc) is 2.62. The highest BCUT2D eigenvalue weighted by Crippen LogP contribution is 2.26. The van der Waals surface area contributed by atoms with E-state index in [9.17, 15) is 0 Å². The summed E-state index contributed by atoms with van der Waals surface area (Å²) >= 11 is 6.94. The van der Waals surface area contributed by atoms with Gasteiger partial charge in [0.15, 0.2) is 0 Å². The van der Waals surface area contributed by atoms with Gasteiger partial charge in [-0.15, -0.1) is 0 Å². The van der Waals surface area contributed by atoms with Crippen LogP contribution >= 0.6 is 31.9 Å². The molecule has 0 radical (unpaired) electrons. The van der Waals surface area contributed by atoms with Gasteiger partial charge in [-0.3, -0.25) is 0 Å². The fourth-order valence-corrected chi connectivity index (χ4v) is 2.84. The Labute approximate surface area is 118 Å². The maximum absolute atomic E-state index is 5.37. The second kappa shape index (κ2) is 5.27. The first-order valence-electron chi connectivity index (χ1n) is 5.30. The van der Waals surface area contributed by atoms with E-state index in [4.69, 9.17) is 4.42 Å². The summed E-state index contributed by atoms with van der Waals surface area (Å²) < 4.78 is 7.48.